The van der Waals surface area contributed by atoms with Crippen LogP contribution in [0.1, 0.15) is 10.4 Å². The van der Waals surface area contributed by atoms with Gasteiger partial charge in [-0.3, -0.25) is 14.9 Å². The van der Waals surface area contributed by atoms with Crippen LogP contribution >= 0.6 is 23.2 Å². The molecule has 0 aliphatic rings. The summed E-state index contributed by atoms with van der Waals surface area (Å²) in [6.07, 6.45) is 0. The smallest absolute Gasteiger partial charge is 0.265 e. The third-order valence-corrected chi connectivity index (χ3v) is 4.91. The Morgan fingerprint density at radius 2 is 1.73 bits per heavy atom. The van der Waals surface area contributed by atoms with E-state index in [0.29, 0.717) is 0 Å². The van der Waals surface area contributed by atoms with E-state index in [1.165, 1.54) is 18.2 Å². The van der Waals surface area contributed by atoms with E-state index in [2.05, 4.69) is 4.72 Å². The third kappa shape index (κ3) is 3.50. The standard InChI is InChI=1S/C13H11Cl2N3O3S/c14-9-3-1-2-4-11(9)18-22(20,21)12-7-8(13(19)17-16)5-6-10(12)15/h1-7,18H,16H2,(H,17,19). The van der Waals surface area contributed by atoms with Gasteiger partial charge < -0.3 is 0 Å². The molecule has 6 nitrogen and oxygen atoms in total. The maximum Gasteiger partial charge on any atom is 0.265 e. The second-order valence-corrected chi connectivity index (χ2v) is 6.67. The number of carbonyl (C=O) groups is 1. The van der Waals surface area contributed by atoms with Crippen molar-refractivity contribution in [3.8, 4) is 0 Å². The largest absolute Gasteiger partial charge is 0.290 e. The van der Waals surface area contributed by atoms with Crippen molar-refractivity contribution in [2.75, 3.05) is 4.72 Å². The van der Waals surface area contributed by atoms with Crippen LogP contribution in [0.2, 0.25) is 10.0 Å². The molecular weight excluding hydrogens is 349 g/mol. The summed E-state index contributed by atoms with van der Waals surface area (Å²) in [6.45, 7) is 0. The number of hydrogen-bond donors (Lipinski definition) is 3. The number of hydrazine groups is 1. The van der Waals surface area contributed by atoms with Crippen molar-refractivity contribution < 1.29 is 13.2 Å². The number of sulfonamides is 1. The third-order valence-electron chi connectivity index (χ3n) is 2.73. The fraction of sp³-hybridized carbons (Fsp3) is 0. The van der Waals surface area contributed by atoms with Crippen LogP contribution < -0.4 is 16.0 Å². The summed E-state index contributed by atoms with van der Waals surface area (Å²) in [4.78, 5) is 11.2. The highest BCUT2D eigenvalue weighted by molar-refractivity contribution is 7.92. The molecule has 0 radical (unpaired) electrons. The van der Waals surface area contributed by atoms with E-state index in [1.54, 1.807) is 18.2 Å². The molecule has 0 bridgehead atoms. The zero-order chi connectivity index (χ0) is 16.3. The Morgan fingerprint density at radius 1 is 1.05 bits per heavy atom. The average Bonchev–Trinajstić information content (AvgIpc) is 2.49. The van der Waals surface area contributed by atoms with Crippen LogP contribution in [0, 0.1) is 0 Å². The molecule has 0 aliphatic heterocycles. The Hall–Kier alpha value is -1.80. The van der Waals surface area contributed by atoms with Gasteiger partial charge in [0, 0.05) is 5.56 Å². The molecule has 2 aromatic carbocycles. The van der Waals surface area contributed by atoms with E-state index >= 15 is 0 Å². The van der Waals surface area contributed by atoms with Crippen molar-refractivity contribution in [2.45, 2.75) is 4.90 Å². The molecule has 2 aromatic rings. The molecule has 0 saturated carbocycles. The monoisotopic (exact) mass is 359 g/mol. The zero-order valence-electron chi connectivity index (χ0n) is 11.0. The predicted molar refractivity (Wildman–Crippen MR) is 85.4 cm³/mol. The molecule has 0 fully saturated rings. The van der Waals surface area contributed by atoms with Crippen molar-refractivity contribution in [2.24, 2.45) is 5.84 Å². The lowest BCUT2D eigenvalue weighted by Gasteiger charge is -2.11. The van der Waals surface area contributed by atoms with Crippen molar-refractivity contribution >= 4 is 44.8 Å². The SMILES string of the molecule is NNC(=O)c1ccc(Cl)c(S(=O)(=O)Nc2ccccc2Cl)c1. The predicted octanol–water partition coefficient (Wildman–Crippen LogP) is 2.40. The van der Waals surface area contributed by atoms with Gasteiger partial charge in [0.2, 0.25) is 0 Å². The summed E-state index contributed by atoms with van der Waals surface area (Å²) in [7, 11) is -4.02. The Morgan fingerprint density at radius 3 is 2.36 bits per heavy atom. The summed E-state index contributed by atoms with van der Waals surface area (Å²) in [5.41, 5.74) is 2.18. The van der Waals surface area contributed by atoms with Crippen LogP contribution in [-0.4, -0.2) is 14.3 Å². The second-order valence-electron chi connectivity index (χ2n) is 4.20. The van der Waals surface area contributed by atoms with Crippen LogP contribution in [0.4, 0.5) is 5.69 Å². The van der Waals surface area contributed by atoms with Crippen molar-refractivity contribution in [1.82, 2.24) is 5.43 Å². The topological polar surface area (TPSA) is 101 Å². The minimum atomic E-state index is -4.02. The maximum absolute atomic E-state index is 12.4. The highest BCUT2D eigenvalue weighted by Gasteiger charge is 2.21. The number of nitrogens with one attached hydrogen (secondary N) is 2. The van der Waals surface area contributed by atoms with Gasteiger partial charge in [0.05, 0.1) is 15.7 Å². The number of nitrogen functional groups attached to an aromatic ring is 1. The van der Waals surface area contributed by atoms with Gasteiger partial charge in [0.25, 0.3) is 15.9 Å². The average molecular weight is 360 g/mol. The second kappa shape index (κ2) is 6.53. The van der Waals surface area contributed by atoms with Gasteiger partial charge in [0.1, 0.15) is 4.90 Å². The molecule has 22 heavy (non-hydrogen) atoms. The lowest BCUT2D eigenvalue weighted by Crippen LogP contribution is -2.30. The van der Waals surface area contributed by atoms with E-state index in [-0.39, 0.29) is 26.2 Å². The molecule has 0 spiro atoms. The first kappa shape index (κ1) is 16.6. The lowest BCUT2D eigenvalue weighted by molar-refractivity contribution is 0.0953. The molecule has 0 saturated heterocycles. The van der Waals surface area contributed by atoms with Gasteiger partial charge in [0.15, 0.2) is 0 Å². The highest BCUT2D eigenvalue weighted by Crippen LogP contribution is 2.28. The first-order valence-electron chi connectivity index (χ1n) is 5.93. The van der Waals surface area contributed by atoms with Crippen LogP contribution in [0.15, 0.2) is 47.4 Å². The molecule has 2 rings (SSSR count). The van der Waals surface area contributed by atoms with E-state index in [9.17, 15) is 13.2 Å². The normalized spacial score (nSPS) is 11.0. The first-order valence-corrected chi connectivity index (χ1v) is 8.17. The summed E-state index contributed by atoms with van der Waals surface area (Å²) in [5, 5.41) is 0.200. The minimum Gasteiger partial charge on any atom is -0.290 e. The summed E-state index contributed by atoms with van der Waals surface area (Å²) >= 11 is 11.8. The van der Waals surface area contributed by atoms with E-state index < -0.39 is 15.9 Å². The molecule has 0 atom stereocenters. The molecule has 9 heteroatoms. The van der Waals surface area contributed by atoms with Crippen molar-refractivity contribution in [3.05, 3.63) is 58.1 Å². The fourth-order valence-corrected chi connectivity index (χ4v) is 3.52. The van der Waals surface area contributed by atoms with Crippen LogP contribution in [0.25, 0.3) is 0 Å². The van der Waals surface area contributed by atoms with Gasteiger partial charge in [-0.2, -0.15) is 0 Å². The molecule has 0 unspecified atom stereocenters. The number of amides is 1. The quantitative estimate of drug-likeness (QED) is 0.443. The number of halogens is 2. The van der Waals surface area contributed by atoms with E-state index in [4.69, 9.17) is 29.0 Å². The van der Waals surface area contributed by atoms with Crippen LogP contribution in [0.3, 0.4) is 0 Å². The minimum absolute atomic E-state index is 0.0341. The maximum atomic E-state index is 12.4. The van der Waals surface area contributed by atoms with Crippen LogP contribution in [-0.2, 0) is 10.0 Å². The Bertz CT molecular complexity index is 825. The molecule has 0 aliphatic carbocycles. The molecule has 0 aromatic heterocycles. The number of nitrogens with two attached hydrogens (primary N) is 1. The van der Waals surface area contributed by atoms with Crippen molar-refractivity contribution in [3.63, 3.8) is 0 Å². The number of para-hydroxylation sites is 1. The fourth-order valence-electron chi connectivity index (χ4n) is 1.68. The van der Waals surface area contributed by atoms with E-state index in [1.807, 2.05) is 5.43 Å². The van der Waals surface area contributed by atoms with Crippen molar-refractivity contribution in [1.29, 1.82) is 0 Å². The number of benzene rings is 2. The summed E-state index contributed by atoms with van der Waals surface area (Å²) < 4.78 is 27.2. The van der Waals surface area contributed by atoms with Gasteiger partial charge >= 0.3 is 0 Å². The van der Waals surface area contributed by atoms with Crippen LogP contribution in [0.5, 0.6) is 0 Å². The number of carbonyl (C=O) groups excluding carboxylic acids is 1. The zero-order valence-corrected chi connectivity index (χ0v) is 13.3. The Kier molecular flexibility index (Phi) is 4.92. The Balaban J connectivity index is 2.45. The molecule has 1 amide bonds. The number of hydrogen-bond acceptors (Lipinski definition) is 4. The first-order chi connectivity index (χ1) is 10.3. The highest BCUT2D eigenvalue weighted by atomic mass is 35.5. The summed E-state index contributed by atoms with van der Waals surface area (Å²) in [5.74, 6) is 4.40. The number of anilines is 1. The molecule has 0 heterocycles. The number of rotatable bonds is 4. The molecule has 4 N–H and O–H groups in total. The Labute approximate surface area is 137 Å². The molecule has 116 valence electrons. The molecular formula is C13H11Cl2N3O3S. The van der Waals surface area contributed by atoms with Gasteiger partial charge in [-0.15, -0.1) is 0 Å². The van der Waals surface area contributed by atoms with Gasteiger partial charge in [-0.1, -0.05) is 35.3 Å². The van der Waals surface area contributed by atoms with Gasteiger partial charge in [-0.05, 0) is 30.3 Å². The van der Waals surface area contributed by atoms with E-state index in [0.717, 1.165) is 6.07 Å². The lowest BCUT2D eigenvalue weighted by atomic mass is 10.2. The summed E-state index contributed by atoms with van der Waals surface area (Å²) in [6, 6.07) is 10.1. The van der Waals surface area contributed by atoms with Gasteiger partial charge in [-0.25, -0.2) is 14.3 Å².